The lowest BCUT2D eigenvalue weighted by molar-refractivity contribution is 0.0696. The van der Waals surface area contributed by atoms with Gasteiger partial charge in [-0.1, -0.05) is 42.0 Å². The molecule has 2 aromatic carbocycles. The van der Waals surface area contributed by atoms with E-state index in [1.807, 2.05) is 25.1 Å². The lowest BCUT2D eigenvalue weighted by atomic mass is 9.76. The van der Waals surface area contributed by atoms with Gasteiger partial charge in [-0.2, -0.15) is 0 Å². The molecule has 3 nitrogen and oxygen atoms in total. The summed E-state index contributed by atoms with van der Waals surface area (Å²) >= 11 is 6.03. The second-order valence-corrected chi connectivity index (χ2v) is 6.97. The van der Waals surface area contributed by atoms with Crippen LogP contribution in [0.25, 0.3) is 0 Å². The zero-order valence-corrected chi connectivity index (χ0v) is 14.0. The fourth-order valence-corrected chi connectivity index (χ4v) is 4.17. The quantitative estimate of drug-likeness (QED) is 0.742. The predicted octanol–water partition coefficient (Wildman–Crippen LogP) is 5.17. The number of carbonyl (C=O) groups is 1. The maximum atomic E-state index is 11.5. The van der Waals surface area contributed by atoms with Crippen LogP contribution in [0.2, 0.25) is 5.02 Å². The summed E-state index contributed by atoms with van der Waals surface area (Å²) in [4.78, 5) is 11.5. The highest BCUT2D eigenvalue weighted by Gasteiger charge is 2.38. The molecule has 3 atom stereocenters. The zero-order chi connectivity index (χ0) is 16.8. The summed E-state index contributed by atoms with van der Waals surface area (Å²) in [6, 6.07) is 11.8. The van der Waals surface area contributed by atoms with Crippen LogP contribution >= 0.6 is 11.6 Å². The Bertz CT molecular complexity index is 841. The minimum absolute atomic E-state index is 0.150. The first-order valence-electron chi connectivity index (χ1n) is 8.11. The van der Waals surface area contributed by atoms with E-state index < -0.39 is 5.97 Å². The Kier molecular flexibility index (Phi) is 3.61. The number of carboxylic acid groups (broad SMARTS) is 1. The predicted molar refractivity (Wildman–Crippen MR) is 95.9 cm³/mol. The summed E-state index contributed by atoms with van der Waals surface area (Å²) in [5, 5.41) is 13.8. The van der Waals surface area contributed by atoms with Crippen LogP contribution in [0.4, 0.5) is 5.69 Å². The molecule has 2 aliphatic rings. The van der Waals surface area contributed by atoms with Gasteiger partial charge in [-0.25, -0.2) is 4.79 Å². The standard InChI is InChI=1S/C20H18ClNO2/c1-11-14(20(23)24)9-10-17-15-3-2-4-16(15)19(22-18(11)17)12-5-7-13(21)8-6-12/h2-3,5-10,15-16,19,22H,4H2,1H3,(H,23,24)/t15-,16+,19+/m1/s1. The van der Waals surface area contributed by atoms with Crippen LogP contribution < -0.4 is 5.32 Å². The van der Waals surface area contributed by atoms with Crippen molar-refractivity contribution < 1.29 is 9.90 Å². The summed E-state index contributed by atoms with van der Waals surface area (Å²) < 4.78 is 0. The molecule has 0 amide bonds. The minimum Gasteiger partial charge on any atom is -0.478 e. The molecule has 1 heterocycles. The largest absolute Gasteiger partial charge is 0.478 e. The highest BCUT2D eigenvalue weighted by molar-refractivity contribution is 6.30. The van der Waals surface area contributed by atoms with Crippen LogP contribution in [0.15, 0.2) is 48.6 Å². The molecule has 4 heteroatoms. The third-order valence-corrected chi connectivity index (χ3v) is 5.51. The molecule has 24 heavy (non-hydrogen) atoms. The Morgan fingerprint density at radius 1 is 1.21 bits per heavy atom. The normalized spacial score (nSPS) is 24.2. The molecule has 0 saturated heterocycles. The van der Waals surface area contributed by atoms with Gasteiger partial charge in [0.1, 0.15) is 0 Å². The molecule has 1 aliphatic carbocycles. The van der Waals surface area contributed by atoms with Gasteiger partial charge in [0.05, 0.1) is 11.6 Å². The van der Waals surface area contributed by atoms with Gasteiger partial charge >= 0.3 is 5.97 Å². The number of halogens is 1. The van der Waals surface area contributed by atoms with Gasteiger partial charge in [-0.3, -0.25) is 0 Å². The highest BCUT2D eigenvalue weighted by atomic mass is 35.5. The van der Waals surface area contributed by atoms with Crippen LogP contribution in [0.3, 0.4) is 0 Å². The van der Waals surface area contributed by atoms with Gasteiger partial charge in [-0.05, 0) is 54.2 Å². The number of hydrogen-bond acceptors (Lipinski definition) is 2. The molecular formula is C20H18ClNO2. The van der Waals surface area contributed by atoms with Gasteiger partial charge < -0.3 is 10.4 Å². The molecule has 122 valence electrons. The fourth-order valence-electron chi connectivity index (χ4n) is 4.05. The van der Waals surface area contributed by atoms with E-state index in [1.54, 1.807) is 6.07 Å². The molecular weight excluding hydrogens is 322 g/mol. The maximum Gasteiger partial charge on any atom is 0.336 e. The van der Waals surface area contributed by atoms with Crippen molar-refractivity contribution in [3.8, 4) is 0 Å². The number of nitrogens with one attached hydrogen (secondary N) is 1. The van der Waals surface area contributed by atoms with E-state index in [0.29, 0.717) is 17.4 Å². The molecule has 0 bridgehead atoms. The summed E-state index contributed by atoms with van der Waals surface area (Å²) in [6.07, 6.45) is 5.51. The summed E-state index contributed by atoms with van der Waals surface area (Å²) in [5.74, 6) is -0.124. The molecule has 0 radical (unpaired) electrons. The first-order valence-corrected chi connectivity index (χ1v) is 8.49. The molecule has 0 aromatic heterocycles. The topological polar surface area (TPSA) is 49.3 Å². The number of fused-ring (bicyclic) bond motifs is 3. The first-order chi connectivity index (χ1) is 11.6. The van der Waals surface area contributed by atoms with Crippen LogP contribution in [0.1, 0.15) is 45.4 Å². The van der Waals surface area contributed by atoms with Gasteiger partial charge in [-0.15, -0.1) is 0 Å². The van der Waals surface area contributed by atoms with E-state index in [9.17, 15) is 9.90 Å². The van der Waals surface area contributed by atoms with Crippen LogP contribution in [-0.2, 0) is 0 Å². The molecule has 0 unspecified atom stereocenters. The molecule has 2 N–H and O–H groups in total. The van der Waals surface area contributed by atoms with E-state index in [2.05, 4.69) is 29.6 Å². The van der Waals surface area contributed by atoms with Gasteiger partial charge in [0, 0.05) is 16.6 Å². The van der Waals surface area contributed by atoms with Gasteiger partial charge in [0.25, 0.3) is 0 Å². The van der Waals surface area contributed by atoms with Crippen molar-refractivity contribution >= 4 is 23.3 Å². The second-order valence-electron chi connectivity index (χ2n) is 6.53. The smallest absolute Gasteiger partial charge is 0.336 e. The van der Waals surface area contributed by atoms with Crippen LogP contribution in [0, 0.1) is 12.8 Å². The Morgan fingerprint density at radius 3 is 2.67 bits per heavy atom. The maximum absolute atomic E-state index is 11.5. The Labute approximate surface area is 146 Å². The van der Waals surface area contributed by atoms with E-state index in [1.165, 1.54) is 11.1 Å². The number of aromatic carboxylic acids is 1. The molecule has 0 saturated carbocycles. The van der Waals surface area contributed by atoms with Crippen LogP contribution in [0.5, 0.6) is 0 Å². The highest BCUT2D eigenvalue weighted by Crippen LogP contribution is 2.51. The Hall–Kier alpha value is -2.26. The summed E-state index contributed by atoms with van der Waals surface area (Å²) in [5.41, 5.74) is 4.50. The fraction of sp³-hybridized carbons (Fsp3) is 0.250. The third-order valence-electron chi connectivity index (χ3n) is 5.26. The second kappa shape index (κ2) is 5.67. The number of rotatable bonds is 2. The average molecular weight is 340 g/mol. The first kappa shape index (κ1) is 15.3. The molecule has 2 aromatic rings. The van der Waals surface area contributed by atoms with Gasteiger partial charge in [0.2, 0.25) is 0 Å². The van der Waals surface area contributed by atoms with E-state index in [4.69, 9.17) is 11.6 Å². The van der Waals surface area contributed by atoms with Crippen molar-refractivity contribution in [3.63, 3.8) is 0 Å². The van der Waals surface area contributed by atoms with Crippen molar-refractivity contribution in [3.05, 3.63) is 75.8 Å². The number of hydrogen-bond donors (Lipinski definition) is 2. The van der Waals surface area contributed by atoms with E-state index in [-0.39, 0.29) is 6.04 Å². The van der Waals surface area contributed by atoms with E-state index in [0.717, 1.165) is 22.7 Å². The Balaban J connectivity index is 1.83. The van der Waals surface area contributed by atoms with E-state index >= 15 is 0 Å². The van der Waals surface area contributed by atoms with Crippen molar-refractivity contribution in [2.24, 2.45) is 5.92 Å². The number of allylic oxidation sites excluding steroid dienone is 2. The number of anilines is 1. The summed E-state index contributed by atoms with van der Waals surface area (Å²) in [7, 11) is 0. The summed E-state index contributed by atoms with van der Waals surface area (Å²) in [6.45, 7) is 1.88. The SMILES string of the molecule is Cc1c(C(=O)O)ccc2c1N[C@@H](c1ccc(Cl)cc1)[C@H]1CC=C[C@@H]21. The molecule has 4 rings (SSSR count). The van der Waals surface area contributed by atoms with Crippen molar-refractivity contribution in [1.29, 1.82) is 0 Å². The zero-order valence-electron chi connectivity index (χ0n) is 13.3. The molecule has 0 spiro atoms. The monoisotopic (exact) mass is 339 g/mol. The van der Waals surface area contributed by atoms with Crippen LogP contribution in [-0.4, -0.2) is 11.1 Å². The third kappa shape index (κ3) is 2.31. The lowest BCUT2D eigenvalue weighted by Crippen LogP contribution is -2.30. The number of benzene rings is 2. The van der Waals surface area contributed by atoms with Crippen molar-refractivity contribution in [1.82, 2.24) is 0 Å². The molecule has 0 fully saturated rings. The van der Waals surface area contributed by atoms with Crippen molar-refractivity contribution in [2.45, 2.75) is 25.3 Å². The number of carboxylic acids is 1. The lowest BCUT2D eigenvalue weighted by Gasteiger charge is -2.38. The van der Waals surface area contributed by atoms with Gasteiger partial charge in [0.15, 0.2) is 0 Å². The Morgan fingerprint density at radius 2 is 1.96 bits per heavy atom. The average Bonchev–Trinajstić information content (AvgIpc) is 3.05. The van der Waals surface area contributed by atoms with Crippen molar-refractivity contribution in [2.75, 3.05) is 5.32 Å². The minimum atomic E-state index is -0.885. The molecule has 1 aliphatic heterocycles.